The lowest BCUT2D eigenvalue weighted by Crippen LogP contribution is -2.22. The van der Waals surface area contributed by atoms with Crippen molar-refractivity contribution in [3.8, 4) is 0 Å². The molecule has 0 bridgehead atoms. The first-order chi connectivity index (χ1) is 8.58. The Bertz CT molecular complexity index is 511. The van der Waals surface area contributed by atoms with E-state index in [9.17, 15) is 8.78 Å². The van der Waals surface area contributed by atoms with Gasteiger partial charge in [-0.15, -0.1) is 0 Å². The van der Waals surface area contributed by atoms with E-state index in [0.717, 1.165) is 11.8 Å². The van der Waals surface area contributed by atoms with E-state index in [1.807, 2.05) is 26.0 Å². The molecule has 0 radical (unpaired) electrons. The molecule has 1 aromatic heterocycles. The van der Waals surface area contributed by atoms with E-state index in [2.05, 4.69) is 5.32 Å². The Balaban J connectivity index is 2.07. The third-order valence-electron chi connectivity index (χ3n) is 2.91. The molecule has 1 N–H and O–H groups in total. The summed E-state index contributed by atoms with van der Waals surface area (Å²) in [5.41, 5.74) is 0.701. The summed E-state index contributed by atoms with van der Waals surface area (Å²) in [4.78, 5) is 0. The molecular weight excluding hydrogens is 236 g/mol. The lowest BCUT2D eigenvalue weighted by Gasteiger charge is -2.19. The molecule has 0 aliphatic heterocycles. The van der Waals surface area contributed by atoms with Crippen LogP contribution in [0.3, 0.4) is 0 Å². The van der Waals surface area contributed by atoms with Crippen LogP contribution in [0.2, 0.25) is 0 Å². The zero-order valence-electron chi connectivity index (χ0n) is 10.3. The largest absolute Gasteiger partial charge is 0.468 e. The smallest absolute Gasteiger partial charge is 0.159 e. The molecule has 1 unspecified atom stereocenters. The van der Waals surface area contributed by atoms with Crippen LogP contribution in [0.15, 0.2) is 41.0 Å². The highest BCUT2D eigenvalue weighted by Crippen LogP contribution is 2.21. The molecule has 96 valence electrons. The highest BCUT2D eigenvalue weighted by atomic mass is 19.2. The maximum absolute atomic E-state index is 13.1. The molecule has 0 saturated heterocycles. The number of hydrogen-bond donors (Lipinski definition) is 1. The van der Waals surface area contributed by atoms with Gasteiger partial charge in [0.05, 0.1) is 12.3 Å². The van der Waals surface area contributed by atoms with Crippen molar-refractivity contribution >= 4 is 0 Å². The molecule has 2 nitrogen and oxygen atoms in total. The van der Waals surface area contributed by atoms with Gasteiger partial charge in [-0.1, -0.05) is 6.07 Å². The zero-order chi connectivity index (χ0) is 13.1. The van der Waals surface area contributed by atoms with E-state index in [0.29, 0.717) is 5.56 Å². The number of halogens is 2. The number of benzene rings is 1. The molecule has 0 fully saturated rings. The minimum Gasteiger partial charge on any atom is -0.468 e. The van der Waals surface area contributed by atoms with Crippen LogP contribution in [0.4, 0.5) is 8.78 Å². The SMILES string of the molecule is CC(N[C@@H](C)c1ccco1)c1ccc(F)c(F)c1. The summed E-state index contributed by atoms with van der Waals surface area (Å²) in [6, 6.07) is 7.52. The first kappa shape index (κ1) is 12.8. The van der Waals surface area contributed by atoms with E-state index in [1.165, 1.54) is 6.07 Å². The lowest BCUT2D eigenvalue weighted by atomic mass is 10.1. The standard InChI is InChI=1S/C14H15F2NO/c1-9(11-5-6-12(15)13(16)8-11)17-10(2)14-4-3-7-18-14/h3-10,17H,1-2H3/t9?,10-/m0/s1. The van der Waals surface area contributed by atoms with E-state index in [1.54, 1.807) is 12.3 Å². The minimum absolute atomic E-state index is 0.00288. The van der Waals surface area contributed by atoms with Crippen LogP contribution in [0.1, 0.15) is 37.3 Å². The van der Waals surface area contributed by atoms with Crippen molar-refractivity contribution in [1.82, 2.24) is 5.32 Å². The molecule has 2 atom stereocenters. The van der Waals surface area contributed by atoms with Crippen molar-refractivity contribution in [1.29, 1.82) is 0 Å². The first-order valence-electron chi connectivity index (χ1n) is 5.82. The van der Waals surface area contributed by atoms with Gasteiger partial charge in [0.15, 0.2) is 11.6 Å². The third kappa shape index (κ3) is 2.76. The highest BCUT2D eigenvalue weighted by molar-refractivity contribution is 5.21. The van der Waals surface area contributed by atoms with Crippen LogP contribution in [0.5, 0.6) is 0 Å². The average molecular weight is 251 g/mol. The van der Waals surface area contributed by atoms with E-state index in [4.69, 9.17) is 4.42 Å². The van der Waals surface area contributed by atoms with Crippen molar-refractivity contribution in [2.24, 2.45) is 0 Å². The Morgan fingerprint density at radius 1 is 1.06 bits per heavy atom. The monoisotopic (exact) mass is 251 g/mol. The van der Waals surface area contributed by atoms with Gasteiger partial charge in [-0.2, -0.15) is 0 Å². The summed E-state index contributed by atoms with van der Waals surface area (Å²) in [7, 11) is 0. The van der Waals surface area contributed by atoms with E-state index in [-0.39, 0.29) is 12.1 Å². The molecule has 2 aromatic rings. The van der Waals surface area contributed by atoms with Crippen LogP contribution in [-0.2, 0) is 0 Å². The molecule has 0 aliphatic carbocycles. The van der Waals surface area contributed by atoms with Crippen LogP contribution in [0.25, 0.3) is 0 Å². The summed E-state index contributed by atoms with van der Waals surface area (Å²) in [6.07, 6.45) is 1.61. The molecule has 2 rings (SSSR count). The quantitative estimate of drug-likeness (QED) is 0.889. The topological polar surface area (TPSA) is 25.2 Å². The van der Waals surface area contributed by atoms with Crippen LogP contribution < -0.4 is 5.32 Å². The molecule has 0 amide bonds. The second kappa shape index (κ2) is 5.31. The molecule has 0 saturated carbocycles. The van der Waals surface area contributed by atoms with Crippen LogP contribution in [0, 0.1) is 11.6 Å². The Morgan fingerprint density at radius 3 is 2.44 bits per heavy atom. The van der Waals surface area contributed by atoms with Gasteiger partial charge >= 0.3 is 0 Å². The fourth-order valence-electron chi connectivity index (χ4n) is 1.87. The fourth-order valence-corrected chi connectivity index (χ4v) is 1.87. The third-order valence-corrected chi connectivity index (χ3v) is 2.91. The molecule has 0 spiro atoms. The summed E-state index contributed by atoms with van der Waals surface area (Å²) in [5.74, 6) is -0.846. The summed E-state index contributed by atoms with van der Waals surface area (Å²) in [6.45, 7) is 3.85. The predicted molar refractivity (Wildman–Crippen MR) is 65.0 cm³/mol. The van der Waals surface area contributed by atoms with Crippen molar-refractivity contribution in [2.45, 2.75) is 25.9 Å². The van der Waals surface area contributed by atoms with Gasteiger partial charge in [0.1, 0.15) is 5.76 Å². The number of hydrogen-bond acceptors (Lipinski definition) is 2. The maximum Gasteiger partial charge on any atom is 0.159 e. The second-order valence-corrected chi connectivity index (χ2v) is 4.30. The van der Waals surface area contributed by atoms with Crippen molar-refractivity contribution in [3.05, 3.63) is 59.6 Å². The van der Waals surface area contributed by atoms with Gasteiger partial charge in [0, 0.05) is 6.04 Å². The average Bonchev–Trinajstić information content (AvgIpc) is 2.86. The lowest BCUT2D eigenvalue weighted by molar-refractivity contribution is 0.401. The Labute approximate surface area is 105 Å². The van der Waals surface area contributed by atoms with Gasteiger partial charge in [0.2, 0.25) is 0 Å². The summed E-state index contributed by atoms with van der Waals surface area (Å²) < 4.78 is 31.2. The normalized spacial score (nSPS) is 14.4. The van der Waals surface area contributed by atoms with Crippen LogP contribution in [-0.4, -0.2) is 0 Å². The number of furan rings is 1. The molecule has 18 heavy (non-hydrogen) atoms. The summed E-state index contributed by atoms with van der Waals surface area (Å²) in [5, 5.41) is 3.26. The fraction of sp³-hybridized carbons (Fsp3) is 0.286. The predicted octanol–water partition coefficient (Wildman–Crippen LogP) is 3.97. The van der Waals surface area contributed by atoms with Crippen LogP contribution >= 0.6 is 0 Å². The zero-order valence-corrected chi connectivity index (χ0v) is 10.3. The molecular formula is C14H15F2NO. The van der Waals surface area contributed by atoms with Gasteiger partial charge in [0.25, 0.3) is 0 Å². The molecule has 1 heterocycles. The Hall–Kier alpha value is -1.68. The molecule has 0 aliphatic rings. The van der Waals surface area contributed by atoms with Gasteiger partial charge in [-0.3, -0.25) is 0 Å². The minimum atomic E-state index is -0.829. The maximum atomic E-state index is 13.1. The van der Waals surface area contributed by atoms with Gasteiger partial charge < -0.3 is 9.73 Å². The molecule has 1 aromatic carbocycles. The van der Waals surface area contributed by atoms with Crippen molar-refractivity contribution in [3.63, 3.8) is 0 Å². The van der Waals surface area contributed by atoms with Gasteiger partial charge in [-0.05, 0) is 43.7 Å². The highest BCUT2D eigenvalue weighted by Gasteiger charge is 2.14. The number of rotatable bonds is 4. The first-order valence-corrected chi connectivity index (χ1v) is 5.82. The van der Waals surface area contributed by atoms with Gasteiger partial charge in [-0.25, -0.2) is 8.78 Å². The number of nitrogens with one attached hydrogen (secondary N) is 1. The van der Waals surface area contributed by atoms with E-state index >= 15 is 0 Å². The summed E-state index contributed by atoms with van der Waals surface area (Å²) >= 11 is 0. The second-order valence-electron chi connectivity index (χ2n) is 4.30. The van der Waals surface area contributed by atoms with Crippen molar-refractivity contribution < 1.29 is 13.2 Å². The molecule has 4 heteroatoms. The Kier molecular flexibility index (Phi) is 3.77. The van der Waals surface area contributed by atoms with Crippen molar-refractivity contribution in [2.75, 3.05) is 0 Å². The Morgan fingerprint density at radius 2 is 1.83 bits per heavy atom. The van der Waals surface area contributed by atoms with E-state index < -0.39 is 11.6 Å².